The minimum absolute atomic E-state index is 0.0491. The molecule has 0 aromatic heterocycles. The Hall–Kier alpha value is -5.55. The highest BCUT2D eigenvalue weighted by Crippen LogP contribution is 2.51. The highest BCUT2D eigenvalue weighted by molar-refractivity contribution is 7.92. The van der Waals surface area contributed by atoms with E-state index < -0.39 is 57.1 Å². The highest BCUT2D eigenvalue weighted by Gasteiger charge is 2.72. The van der Waals surface area contributed by atoms with Crippen molar-refractivity contribution in [3.05, 3.63) is 118 Å². The van der Waals surface area contributed by atoms with Crippen LogP contribution in [0.3, 0.4) is 0 Å². The molecule has 0 saturated heterocycles. The molecule has 23 heteroatoms. The van der Waals surface area contributed by atoms with E-state index in [-0.39, 0.29) is 49.0 Å². The quantitative estimate of drug-likeness (QED) is 0.104. The van der Waals surface area contributed by atoms with Crippen LogP contribution in [0.25, 0.3) is 0 Å². The molecule has 10 nitrogen and oxygen atoms in total. The second-order valence-electron chi connectivity index (χ2n) is 14.4. The molecule has 2 heterocycles. The van der Waals surface area contributed by atoms with E-state index in [0.29, 0.717) is 65.3 Å². The Morgan fingerprint density at radius 1 is 0.565 bits per heavy atom. The Labute approximate surface area is 344 Å². The van der Waals surface area contributed by atoms with E-state index in [1.54, 1.807) is 24.3 Å². The lowest BCUT2D eigenvalue weighted by Crippen LogP contribution is -2.53. The van der Waals surface area contributed by atoms with Crippen molar-refractivity contribution in [1.29, 1.82) is 0 Å². The summed E-state index contributed by atoms with van der Waals surface area (Å²) in [5, 5.41) is 18.9. The van der Waals surface area contributed by atoms with Crippen LogP contribution in [-0.4, -0.2) is 61.4 Å². The fourth-order valence-electron chi connectivity index (χ4n) is 6.81. The predicted octanol–water partition coefficient (Wildman–Crippen LogP) is 7.91. The number of amides is 2. The molecular formula is C39H34F12N4O6S. The third kappa shape index (κ3) is 9.58. The van der Waals surface area contributed by atoms with Gasteiger partial charge in [0.05, 0.1) is 19.3 Å². The van der Waals surface area contributed by atoms with Crippen molar-refractivity contribution < 1.29 is 80.9 Å². The first-order valence-corrected chi connectivity index (χ1v) is 19.8. The van der Waals surface area contributed by atoms with Gasteiger partial charge in [-0.25, -0.2) is 8.42 Å². The molecule has 4 aromatic carbocycles. The summed E-state index contributed by atoms with van der Waals surface area (Å²) < 4.78 is 181. The molecule has 0 spiro atoms. The van der Waals surface area contributed by atoms with Crippen LogP contribution in [0, 0.1) is 0 Å². The molecule has 0 aliphatic carbocycles. The molecule has 4 aromatic rings. The van der Waals surface area contributed by atoms with Gasteiger partial charge in [0.15, 0.2) is 0 Å². The van der Waals surface area contributed by atoms with Crippen molar-refractivity contribution in [2.24, 2.45) is 0 Å². The lowest BCUT2D eigenvalue weighted by molar-refractivity contribution is -0.376. The van der Waals surface area contributed by atoms with E-state index in [2.05, 4.69) is 4.72 Å². The monoisotopic (exact) mass is 914 g/mol. The first-order chi connectivity index (χ1) is 28.4. The van der Waals surface area contributed by atoms with E-state index in [0.717, 1.165) is 36.1 Å². The Bertz CT molecular complexity index is 2390. The number of nitrogens with one attached hydrogen (secondary N) is 1. The van der Waals surface area contributed by atoms with Gasteiger partial charge in [-0.2, -0.15) is 52.7 Å². The van der Waals surface area contributed by atoms with Gasteiger partial charge in [0.1, 0.15) is 0 Å². The first-order valence-electron chi connectivity index (χ1n) is 17.9. The zero-order chi connectivity index (χ0) is 46.4. The SMILES string of the molecule is CS(=O)(=O)Nc1ccc2c(c1)CCC(=O)N2Cc1ccc(C(O)(C(F)(F)F)C(F)(F)F)cc1.Nc1ccc2c(c1)CCC(=O)N2Cc1ccc(C(O)(C(F)(F)F)C(F)(F)F)cc1. The molecule has 62 heavy (non-hydrogen) atoms. The number of nitrogen functional groups attached to an aromatic ring is 1. The summed E-state index contributed by atoms with van der Waals surface area (Å²) in [5.74, 6) is -0.550. The number of rotatable bonds is 8. The fraction of sp³-hybridized carbons (Fsp3) is 0.333. The summed E-state index contributed by atoms with van der Waals surface area (Å²) in [6, 6.07) is 15.6. The lowest BCUT2D eigenvalue weighted by Gasteiger charge is -2.33. The van der Waals surface area contributed by atoms with Crippen LogP contribution >= 0.6 is 0 Å². The first kappa shape index (κ1) is 47.5. The minimum atomic E-state index is -5.99. The second kappa shape index (κ2) is 16.6. The van der Waals surface area contributed by atoms with Gasteiger partial charge < -0.3 is 25.7 Å². The van der Waals surface area contributed by atoms with E-state index in [9.17, 15) is 80.9 Å². The molecule has 0 bridgehead atoms. The van der Waals surface area contributed by atoms with Crippen molar-refractivity contribution in [2.45, 2.75) is 74.7 Å². The highest BCUT2D eigenvalue weighted by atomic mass is 32.2. The van der Waals surface area contributed by atoms with Crippen LogP contribution in [0.2, 0.25) is 0 Å². The number of aliphatic hydroxyl groups is 2. The van der Waals surface area contributed by atoms with E-state index in [1.165, 1.54) is 21.9 Å². The molecule has 6 rings (SSSR count). The second-order valence-corrected chi connectivity index (χ2v) is 16.1. The average molecular weight is 915 g/mol. The van der Waals surface area contributed by atoms with Crippen molar-refractivity contribution in [3.8, 4) is 0 Å². The summed E-state index contributed by atoms with van der Waals surface area (Å²) in [6.07, 6.45) is -21.8. The molecule has 2 aliphatic heterocycles. The molecule has 336 valence electrons. The van der Waals surface area contributed by atoms with E-state index >= 15 is 0 Å². The molecule has 2 aliphatic rings. The molecule has 2 amide bonds. The topological polar surface area (TPSA) is 153 Å². The predicted molar refractivity (Wildman–Crippen MR) is 200 cm³/mol. The number of nitrogens with zero attached hydrogens (tertiary/aromatic N) is 2. The minimum Gasteiger partial charge on any atom is -0.399 e. The molecule has 0 radical (unpaired) electrons. The number of hydrogen-bond acceptors (Lipinski definition) is 7. The maximum atomic E-state index is 13.0. The van der Waals surface area contributed by atoms with Crippen molar-refractivity contribution in [2.75, 3.05) is 26.5 Å². The van der Waals surface area contributed by atoms with Gasteiger partial charge in [-0.1, -0.05) is 48.5 Å². The molecule has 0 atom stereocenters. The lowest BCUT2D eigenvalue weighted by atomic mass is 9.91. The smallest absolute Gasteiger partial charge is 0.399 e. The standard InChI is InChI=1S/C20H18F6N2O4S.C19H16F6N2O2/c1-33(31,32)27-15-7-8-16-13(10-15)4-9-17(29)28(16)11-12-2-5-14(6-3-12)18(30,19(21,22)23)20(24,25)26;20-18(21,22)17(29,19(23,24)25)13-4-1-11(2-5-13)10-27-15-7-6-14(26)9-12(15)3-8-16(27)28/h2-3,5-8,10,27,30H,4,9,11H2,1H3;1-2,4-7,9,29H,3,8,10,26H2. The number of carbonyl (C=O) groups excluding carboxylic acids is 2. The number of carbonyl (C=O) groups is 2. The third-order valence-corrected chi connectivity index (χ3v) is 10.6. The summed E-state index contributed by atoms with van der Waals surface area (Å²) in [4.78, 5) is 27.4. The molecule has 0 saturated carbocycles. The van der Waals surface area contributed by atoms with Gasteiger partial charge in [0, 0.05) is 46.7 Å². The van der Waals surface area contributed by atoms with Gasteiger partial charge in [0.25, 0.3) is 11.2 Å². The summed E-state index contributed by atoms with van der Waals surface area (Å²) in [6.45, 7) is -0.200. The molecular weight excluding hydrogens is 880 g/mol. The van der Waals surface area contributed by atoms with E-state index in [1.807, 2.05) is 0 Å². The Morgan fingerprint density at radius 3 is 1.27 bits per heavy atom. The average Bonchev–Trinajstić information content (AvgIpc) is 3.15. The van der Waals surface area contributed by atoms with Crippen LogP contribution in [-0.2, 0) is 56.7 Å². The number of nitrogens with two attached hydrogens (primary N) is 1. The number of benzene rings is 4. The number of sulfonamides is 1. The van der Waals surface area contributed by atoms with Gasteiger partial charge >= 0.3 is 24.7 Å². The number of halogens is 12. The maximum absolute atomic E-state index is 13.0. The van der Waals surface area contributed by atoms with Crippen molar-refractivity contribution in [3.63, 3.8) is 0 Å². The van der Waals surface area contributed by atoms with Gasteiger partial charge in [-0.05, 0) is 71.5 Å². The van der Waals surface area contributed by atoms with Crippen LogP contribution < -0.4 is 20.3 Å². The van der Waals surface area contributed by atoms with Crippen LogP contribution in [0.5, 0.6) is 0 Å². The number of fused-ring (bicyclic) bond motifs is 2. The van der Waals surface area contributed by atoms with Gasteiger partial charge in [-0.15, -0.1) is 0 Å². The van der Waals surface area contributed by atoms with Gasteiger partial charge in [0.2, 0.25) is 21.8 Å². The van der Waals surface area contributed by atoms with E-state index in [4.69, 9.17) is 5.73 Å². The normalized spacial score (nSPS) is 15.4. The Morgan fingerprint density at radius 2 is 0.919 bits per heavy atom. The molecule has 5 N–H and O–H groups in total. The van der Waals surface area contributed by atoms with Gasteiger partial charge in [-0.3, -0.25) is 14.3 Å². The zero-order valence-corrected chi connectivity index (χ0v) is 32.6. The van der Waals surface area contributed by atoms with Crippen molar-refractivity contribution in [1.82, 2.24) is 0 Å². The summed E-state index contributed by atoms with van der Waals surface area (Å²) >= 11 is 0. The Balaban J connectivity index is 0.000000236. The van der Waals surface area contributed by atoms with Crippen molar-refractivity contribution >= 4 is 44.6 Å². The number of aryl methyl sites for hydroxylation is 2. The molecule has 0 fully saturated rings. The van der Waals surface area contributed by atoms with Crippen LogP contribution in [0.15, 0.2) is 84.9 Å². The fourth-order valence-corrected chi connectivity index (χ4v) is 7.36. The number of hydrogen-bond donors (Lipinski definition) is 4. The number of anilines is 4. The summed E-state index contributed by atoms with van der Waals surface area (Å²) in [7, 11) is -3.52. The van der Waals surface area contributed by atoms with Crippen LogP contribution in [0.4, 0.5) is 75.4 Å². The Kier molecular flexibility index (Phi) is 12.7. The zero-order valence-electron chi connectivity index (χ0n) is 31.8. The third-order valence-electron chi connectivity index (χ3n) is 9.95. The summed E-state index contributed by atoms with van der Waals surface area (Å²) in [5.41, 5.74) is -3.20. The molecule has 0 unspecified atom stereocenters. The van der Waals surface area contributed by atoms with Crippen LogP contribution in [0.1, 0.15) is 46.2 Å². The number of alkyl halides is 12. The largest absolute Gasteiger partial charge is 0.430 e. The maximum Gasteiger partial charge on any atom is 0.430 e.